The molecule has 2 aliphatic rings. The Kier molecular flexibility index (Phi) is 5.13. The highest BCUT2D eigenvalue weighted by molar-refractivity contribution is 5.98. The third-order valence-corrected chi connectivity index (χ3v) is 4.40. The molecule has 0 bridgehead atoms. The molecule has 2 N–H and O–H groups in total. The van der Waals surface area contributed by atoms with Crippen LogP contribution in [0.25, 0.3) is 0 Å². The van der Waals surface area contributed by atoms with E-state index in [1.165, 1.54) is 0 Å². The Morgan fingerprint density at radius 1 is 1.25 bits per heavy atom. The molecule has 6 nitrogen and oxygen atoms in total. The van der Waals surface area contributed by atoms with Gasteiger partial charge in [-0.2, -0.15) is 0 Å². The van der Waals surface area contributed by atoms with Gasteiger partial charge in [0.15, 0.2) is 0 Å². The lowest BCUT2D eigenvalue weighted by Gasteiger charge is -2.15. The molecule has 0 radical (unpaired) electrons. The van der Waals surface area contributed by atoms with Crippen LogP contribution >= 0.6 is 0 Å². The molecule has 1 aromatic rings. The van der Waals surface area contributed by atoms with Crippen LogP contribution in [-0.2, 0) is 9.59 Å². The Morgan fingerprint density at radius 2 is 2.08 bits per heavy atom. The standard InChI is InChI=1S/C18H23N3O3/c22-16-6-2-10-21(16)11-3-9-19-17(23)14-4-1-5-15(12-14)20-18(24)13-7-8-13/h1,4-5,12-13H,2-3,6-11H2,(H,19,23)(H,20,24). The molecule has 0 spiro atoms. The fourth-order valence-corrected chi connectivity index (χ4v) is 2.84. The number of benzene rings is 1. The third kappa shape index (κ3) is 4.34. The van der Waals surface area contributed by atoms with Crippen molar-refractivity contribution in [1.29, 1.82) is 0 Å². The minimum atomic E-state index is -0.162. The van der Waals surface area contributed by atoms with Crippen LogP contribution in [0.15, 0.2) is 24.3 Å². The van der Waals surface area contributed by atoms with E-state index in [0.717, 1.165) is 32.2 Å². The molecule has 3 amide bonds. The summed E-state index contributed by atoms with van der Waals surface area (Å²) in [5.74, 6) is 0.212. The van der Waals surface area contributed by atoms with Crippen LogP contribution in [0.3, 0.4) is 0 Å². The van der Waals surface area contributed by atoms with E-state index < -0.39 is 0 Å². The van der Waals surface area contributed by atoms with Gasteiger partial charge in [-0.1, -0.05) is 6.07 Å². The molecule has 1 heterocycles. The number of likely N-dealkylation sites (tertiary alicyclic amines) is 1. The number of nitrogens with one attached hydrogen (secondary N) is 2. The van der Waals surface area contributed by atoms with Gasteiger partial charge in [0.2, 0.25) is 11.8 Å². The average Bonchev–Trinajstić information content (AvgIpc) is 3.35. The van der Waals surface area contributed by atoms with Crippen LogP contribution < -0.4 is 10.6 Å². The molecular weight excluding hydrogens is 306 g/mol. The minimum absolute atomic E-state index is 0.0304. The maximum Gasteiger partial charge on any atom is 0.251 e. The van der Waals surface area contributed by atoms with Crippen molar-refractivity contribution >= 4 is 23.4 Å². The number of carbonyl (C=O) groups excluding carboxylic acids is 3. The predicted molar refractivity (Wildman–Crippen MR) is 90.6 cm³/mol. The number of hydrogen-bond acceptors (Lipinski definition) is 3. The van der Waals surface area contributed by atoms with Gasteiger partial charge in [-0.3, -0.25) is 14.4 Å². The van der Waals surface area contributed by atoms with Crippen molar-refractivity contribution in [2.24, 2.45) is 5.92 Å². The molecule has 24 heavy (non-hydrogen) atoms. The molecule has 2 fully saturated rings. The summed E-state index contributed by atoms with van der Waals surface area (Å²) in [7, 11) is 0. The topological polar surface area (TPSA) is 78.5 Å². The number of amides is 3. The lowest BCUT2D eigenvalue weighted by Crippen LogP contribution is -2.30. The van der Waals surface area contributed by atoms with Gasteiger partial charge in [0.1, 0.15) is 0 Å². The van der Waals surface area contributed by atoms with Crippen molar-refractivity contribution in [2.45, 2.75) is 32.1 Å². The SMILES string of the molecule is O=C(NCCCN1CCCC1=O)c1cccc(NC(=O)C2CC2)c1. The lowest BCUT2D eigenvalue weighted by molar-refractivity contribution is -0.127. The van der Waals surface area contributed by atoms with Crippen LogP contribution in [0.5, 0.6) is 0 Å². The first-order valence-electron chi connectivity index (χ1n) is 8.60. The average molecular weight is 329 g/mol. The third-order valence-electron chi connectivity index (χ3n) is 4.40. The Balaban J connectivity index is 1.44. The first kappa shape index (κ1) is 16.5. The minimum Gasteiger partial charge on any atom is -0.352 e. The van der Waals surface area contributed by atoms with Gasteiger partial charge >= 0.3 is 0 Å². The van der Waals surface area contributed by atoms with Gasteiger partial charge in [0.05, 0.1) is 0 Å². The largest absolute Gasteiger partial charge is 0.352 e. The highest BCUT2D eigenvalue weighted by atomic mass is 16.2. The molecular formula is C18H23N3O3. The first-order valence-corrected chi connectivity index (χ1v) is 8.60. The summed E-state index contributed by atoms with van der Waals surface area (Å²) in [6, 6.07) is 6.97. The van der Waals surface area contributed by atoms with Gasteiger partial charge in [-0.05, 0) is 43.9 Å². The Morgan fingerprint density at radius 3 is 2.79 bits per heavy atom. The Hall–Kier alpha value is -2.37. The van der Waals surface area contributed by atoms with Crippen LogP contribution in [0, 0.1) is 5.92 Å². The molecule has 128 valence electrons. The van der Waals surface area contributed by atoms with E-state index in [2.05, 4.69) is 10.6 Å². The summed E-state index contributed by atoms with van der Waals surface area (Å²) in [5, 5.41) is 5.71. The zero-order chi connectivity index (χ0) is 16.9. The molecule has 1 aliphatic heterocycles. The van der Waals surface area contributed by atoms with Crippen LogP contribution in [-0.4, -0.2) is 42.3 Å². The van der Waals surface area contributed by atoms with Gasteiger partial charge in [-0.25, -0.2) is 0 Å². The van der Waals surface area contributed by atoms with Crippen molar-refractivity contribution < 1.29 is 14.4 Å². The number of nitrogens with zero attached hydrogens (tertiary/aromatic N) is 1. The van der Waals surface area contributed by atoms with Crippen molar-refractivity contribution in [3.8, 4) is 0 Å². The Bertz CT molecular complexity index is 640. The molecule has 0 aromatic heterocycles. The van der Waals surface area contributed by atoms with Crippen LogP contribution in [0.4, 0.5) is 5.69 Å². The van der Waals surface area contributed by atoms with E-state index >= 15 is 0 Å². The first-order chi connectivity index (χ1) is 11.6. The second-order valence-electron chi connectivity index (χ2n) is 6.44. The van der Waals surface area contributed by atoms with Crippen molar-refractivity contribution in [3.05, 3.63) is 29.8 Å². The van der Waals surface area contributed by atoms with Crippen molar-refractivity contribution in [3.63, 3.8) is 0 Å². The number of rotatable bonds is 7. The lowest BCUT2D eigenvalue weighted by atomic mass is 10.2. The zero-order valence-electron chi connectivity index (χ0n) is 13.7. The molecule has 1 saturated carbocycles. The van der Waals surface area contributed by atoms with Gasteiger partial charge in [-0.15, -0.1) is 0 Å². The van der Waals surface area contributed by atoms with Gasteiger partial charge < -0.3 is 15.5 Å². The van der Waals surface area contributed by atoms with Crippen molar-refractivity contribution in [2.75, 3.05) is 25.0 Å². The molecule has 1 aliphatic carbocycles. The monoisotopic (exact) mass is 329 g/mol. The van der Waals surface area contributed by atoms with E-state index in [1.807, 2.05) is 4.90 Å². The van der Waals surface area contributed by atoms with Crippen LogP contribution in [0.1, 0.15) is 42.5 Å². The summed E-state index contributed by atoms with van der Waals surface area (Å²) in [5.41, 5.74) is 1.18. The fraction of sp³-hybridized carbons (Fsp3) is 0.500. The van der Waals surface area contributed by atoms with Gasteiger partial charge in [0, 0.05) is 43.2 Å². The molecule has 3 rings (SSSR count). The van der Waals surface area contributed by atoms with Gasteiger partial charge in [0.25, 0.3) is 5.91 Å². The Labute approximate surface area is 141 Å². The second-order valence-corrected chi connectivity index (χ2v) is 6.44. The van der Waals surface area contributed by atoms with Crippen LogP contribution in [0.2, 0.25) is 0 Å². The van der Waals surface area contributed by atoms with E-state index in [0.29, 0.717) is 30.8 Å². The van der Waals surface area contributed by atoms with E-state index in [-0.39, 0.29) is 23.6 Å². The smallest absolute Gasteiger partial charge is 0.251 e. The van der Waals surface area contributed by atoms with E-state index in [4.69, 9.17) is 0 Å². The fourth-order valence-electron chi connectivity index (χ4n) is 2.84. The summed E-state index contributed by atoms with van der Waals surface area (Å²) in [6.07, 6.45) is 4.23. The number of carbonyl (C=O) groups is 3. The van der Waals surface area contributed by atoms with Crippen molar-refractivity contribution in [1.82, 2.24) is 10.2 Å². The predicted octanol–water partition coefficient (Wildman–Crippen LogP) is 1.78. The summed E-state index contributed by atoms with van der Waals surface area (Å²) < 4.78 is 0. The summed E-state index contributed by atoms with van der Waals surface area (Å²) in [4.78, 5) is 37.3. The summed E-state index contributed by atoms with van der Waals surface area (Å²) in [6.45, 7) is 2.05. The maximum atomic E-state index is 12.2. The summed E-state index contributed by atoms with van der Waals surface area (Å²) >= 11 is 0. The number of hydrogen-bond donors (Lipinski definition) is 2. The highest BCUT2D eigenvalue weighted by Crippen LogP contribution is 2.30. The van der Waals surface area contributed by atoms with E-state index in [1.54, 1.807) is 24.3 Å². The highest BCUT2D eigenvalue weighted by Gasteiger charge is 2.29. The molecule has 1 saturated heterocycles. The molecule has 1 aromatic carbocycles. The quantitative estimate of drug-likeness (QED) is 0.749. The van der Waals surface area contributed by atoms with E-state index in [9.17, 15) is 14.4 Å². The number of anilines is 1. The normalized spacial score (nSPS) is 17.0. The second kappa shape index (κ2) is 7.47. The molecule has 0 atom stereocenters. The molecule has 6 heteroatoms. The molecule has 0 unspecified atom stereocenters. The maximum absolute atomic E-state index is 12.2. The zero-order valence-corrected chi connectivity index (χ0v) is 13.7.